The Morgan fingerprint density at radius 1 is 0.878 bits per heavy atom. The highest BCUT2D eigenvalue weighted by molar-refractivity contribution is 6.12. The summed E-state index contributed by atoms with van der Waals surface area (Å²) in [5, 5.41) is 40.0. The summed E-state index contributed by atoms with van der Waals surface area (Å²) in [7, 11) is 0. The number of hydrogen-bond acceptors (Lipinski definition) is 15. The summed E-state index contributed by atoms with van der Waals surface area (Å²) in [5.74, 6) is -5.23. The molecule has 4 aliphatic rings. The van der Waals surface area contributed by atoms with Crippen LogP contribution in [0.15, 0.2) is 60.2 Å². The predicted octanol–water partition coefficient (Wildman–Crippen LogP) is 5.66. The topological polar surface area (TPSA) is 347 Å². The summed E-state index contributed by atoms with van der Waals surface area (Å²) in [6.07, 6.45) is 8.39. The van der Waals surface area contributed by atoms with Crippen molar-refractivity contribution in [2.75, 3.05) is 57.7 Å². The standard InChI is InChI=1S/C63H85FN12O14/c1-37(2)56(69-52(79)15-8-7-9-24-75-53(80)20-21-54(75)81)60(84)68-49(14-11-23-66-61(65)85)59(83)67-44-18-17-43(36-89-63(88)73-28-26-72(27-29-73)62(86)87)46(33-44)47-35-74(41(6)77)25-22-50(47)76-51-32-42(31-48(64)57(51)70-71-76)30-40(5)58-39(4)13-10-12-38(3)16-19-45(78)34-55(82)90-58/h10,13,17-18,20-21,30-33,37-39,45,47,49-50,56,58,78H,7-9,11-12,14-16,19,22-29,34-36H2,1-6H3,(H,67,83)(H,68,84)(H,69,79)(H,86,87)(H3,65,66,85)/b13-10+,40-30+/t38-,39+,45?,47?,49+,50?,56+,58+/m1/s1. The molecule has 2 fully saturated rings. The monoisotopic (exact) mass is 1250 g/mol. The van der Waals surface area contributed by atoms with Crippen LogP contribution >= 0.6 is 0 Å². The van der Waals surface area contributed by atoms with Crippen LogP contribution in [0, 0.1) is 23.6 Å². The van der Waals surface area contributed by atoms with E-state index in [4.69, 9.17) is 15.2 Å². The number of nitrogens with zero attached hydrogens (tertiary/aromatic N) is 7. The summed E-state index contributed by atoms with van der Waals surface area (Å²) < 4.78 is 30.0. The molecule has 0 saturated carbocycles. The first-order chi connectivity index (χ1) is 42.9. The molecule has 7 rings (SSSR count). The fraction of sp³-hybridized carbons (Fsp3) is 0.556. The van der Waals surface area contributed by atoms with Crippen LogP contribution in [0.25, 0.3) is 17.1 Å². The molecule has 26 nitrogen and oxygen atoms in total. The number of benzene rings is 2. The number of rotatable bonds is 22. The van der Waals surface area contributed by atoms with Crippen molar-refractivity contribution in [2.24, 2.45) is 23.5 Å². The van der Waals surface area contributed by atoms with Gasteiger partial charge in [0.2, 0.25) is 23.6 Å². The number of carbonyl (C=O) groups excluding carboxylic acids is 9. The number of allylic oxidation sites excluding steroid dienone is 1. The molecule has 0 bridgehead atoms. The summed E-state index contributed by atoms with van der Waals surface area (Å²) in [5.41, 5.74) is 7.73. The maximum atomic E-state index is 16.5. The van der Waals surface area contributed by atoms with Crippen LogP contribution in [0.3, 0.4) is 0 Å². The number of ether oxygens (including phenoxy) is 2. The lowest BCUT2D eigenvalue weighted by Gasteiger charge is -2.39. The van der Waals surface area contributed by atoms with Gasteiger partial charge in [-0.15, -0.1) is 5.10 Å². The number of cyclic esters (lactones) is 1. The Balaban J connectivity index is 1.19. The molecule has 2 saturated heterocycles. The van der Waals surface area contributed by atoms with E-state index in [1.807, 2.05) is 19.1 Å². The van der Waals surface area contributed by atoms with Gasteiger partial charge in [0.05, 0.1) is 24.1 Å². The molecule has 0 spiro atoms. The van der Waals surface area contributed by atoms with E-state index in [1.165, 1.54) is 34.9 Å². The molecule has 90 heavy (non-hydrogen) atoms. The zero-order valence-electron chi connectivity index (χ0n) is 52.0. The first-order valence-corrected chi connectivity index (χ1v) is 30.9. The van der Waals surface area contributed by atoms with E-state index in [0.717, 1.165) is 17.7 Å². The Morgan fingerprint density at radius 3 is 2.29 bits per heavy atom. The van der Waals surface area contributed by atoms with E-state index in [1.54, 1.807) is 60.7 Å². The molecular formula is C63H85FN12O14. The minimum absolute atomic E-state index is 0.00790. The van der Waals surface area contributed by atoms with Gasteiger partial charge >= 0.3 is 24.2 Å². The highest BCUT2D eigenvalue weighted by atomic mass is 19.1. The number of nitrogens with two attached hydrogens (primary N) is 1. The Kier molecular flexibility index (Phi) is 24.5. The fourth-order valence-corrected chi connectivity index (χ4v) is 11.7. The lowest BCUT2D eigenvalue weighted by Crippen LogP contribution is -2.54. The maximum Gasteiger partial charge on any atom is 0.410 e. The second-order valence-corrected chi connectivity index (χ2v) is 24.2. The summed E-state index contributed by atoms with van der Waals surface area (Å²) in [4.78, 5) is 135. The molecule has 488 valence electrons. The number of nitrogens with one attached hydrogen (secondary N) is 4. The van der Waals surface area contributed by atoms with Gasteiger partial charge in [-0.2, -0.15) is 0 Å². The molecule has 3 unspecified atom stereocenters. The summed E-state index contributed by atoms with van der Waals surface area (Å²) >= 11 is 0. The maximum absolute atomic E-state index is 16.5. The first-order valence-electron chi connectivity index (χ1n) is 30.9. The van der Waals surface area contributed by atoms with Gasteiger partial charge in [0.25, 0.3) is 11.8 Å². The van der Waals surface area contributed by atoms with Gasteiger partial charge < -0.3 is 61.4 Å². The highest BCUT2D eigenvalue weighted by Gasteiger charge is 2.38. The zero-order chi connectivity index (χ0) is 65.3. The van der Waals surface area contributed by atoms with Gasteiger partial charge in [-0.25, -0.2) is 23.5 Å². The normalized spacial score (nSPS) is 22.1. The lowest BCUT2D eigenvalue weighted by molar-refractivity contribution is -0.151. The van der Waals surface area contributed by atoms with Gasteiger partial charge in [-0.1, -0.05) is 63.6 Å². The van der Waals surface area contributed by atoms with Crippen molar-refractivity contribution in [1.29, 1.82) is 0 Å². The molecule has 2 aromatic carbocycles. The van der Waals surface area contributed by atoms with Crippen molar-refractivity contribution in [3.05, 3.63) is 82.7 Å². The molecule has 10 amide bonds. The average Bonchev–Trinajstić information content (AvgIpc) is 1.50. The molecule has 5 heterocycles. The molecular weight excluding hydrogens is 1170 g/mol. The predicted molar refractivity (Wildman–Crippen MR) is 328 cm³/mol. The number of likely N-dealkylation sites (tertiary alicyclic amines) is 1. The van der Waals surface area contributed by atoms with Gasteiger partial charge in [-0.05, 0) is 117 Å². The van der Waals surface area contributed by atoms with Gasteiger partial charge in [0.1, 0.15) is 30.3 Å². The Hall–Kier alpha value is -8.75. The number of anilines is 1. The molecule has 8 atom stereocenters. The Bertz CT molecular complexity index is 3210. The number of aromatic nitrogens is 3. The van der Waals surface area contributed by atoms with E-state index in [9.17, 15) is 58.2 Å². The number of piperazine rings is 1. The number of amides is 10. The molecule has 27 heteroatoms. The van der Waals surface area contributed by atoms with Crippen LogP contribution in [0.2, 0.25) is 0 Å². The number of carbonyl (C=O) groups is 10. The first kappa shape index (κ1) is 68.7. The van der Waals surface area contributed by atoms with Crippen LogP contribution in [-0.4, -0.2) is 181 Å². The van der Waals surface area contributed by atoms with Crippen molar-refractivity contribution >= 4 is 82.4 Å². The minimum Gasteiger partial charge on any atom is -0.465 e. The van der Waals surface area contributed by atoms with Crippen LogP contribution in [0.5, 0.6) is 0 Å². The number of hydrogen-bond donors (Lipinski definition) is 7. The number of halogens is 1. The van der Waals surface area contributed by atoms with Gasteiger partial charge in [-0.3, -0.25) is 38.5 Å². The third kappa shape index (κ3) is 18.9. The Labute approximate surface area is 522 Å². The van der Waals surface area contributed by atoms with Crippen LogP contribution < -0.4 is 27.0 Å². The quantitative estimate of drug-likeness (QED) is 0.0276. The SMILES string of the molecule is CC(=O)N1CCC(n2nnc3c(F)cc(/C=C(\C)[C@H]4OC(=O)CC(O)CC[C@H](C)C/C=C/[C@@H]4C)cc32)C(c2cc(NC(=O)[C@H](CCCNC(N)=O)NC(=O)[C@@H](NC(=O)CCCCCN3C(=O)C=CC3=O)C(C)C)ccc2COC(=O)N2CCN(C(=O)O)CC2)C1. The molecule has 1 aromatic heterocycles. The second kappa shape index (κ2) is 32.1. The zero-order valence-corrected chi connectivity index (χ0v) is 52.0. The summed E-state index contributed by atoms with van der Waals surface area (Å²) in [6.45, 7) is 11.2. The fourth-order valence-electron chi connectivity index (χ4n) is 11.7. The number of fused-ring (bicyclic) bond motifs is 1. The number of aliphatic hydroxyl groups is 1. The highest BCUT2D eigenvalue weighted by Crippen LogP contribution is 2.41. The number of carboxylic acid groups (broad SMARTS) is 1. The second-order valence-electron chi connectivity index (χ2n) is 24.2. The molecule has 8 N–H and O–H groups in total. The van der Waals surface area contributed by atoms with E-state index in [-0.39, 0.29) is 120 Å². The van der Waals surface area contributed by atoms with Crippen LogP contribution in [0.4, 0.5) is 24.5 Å². The van der Waals surface area contributed by atoms with E-state index in [2.05, 4.69) is 38.5 Å². The number of aliphatic hydroxyl groups excluding tert-OH is 1. The van der Waals surface area contributed by atoms with Gasteiger partial charge in [0, 0.05) is 95.4 Å². The third-order valence-electron chi connectivity index (χ3n) is 16.9. The van der Waals surface area contributed by atoms with Crippen LogP contribution in [-0.2, 0) is 49.6 Å². The van der Waals surface area contributed by atoms with Crippen molar-refractivity contribution in [3.63, 3.8) is 0 Å². The number of esters is 1. The number of imide groups is 1. The molecule has 0 radical (unpaired) electrons. The smallest absolute Gasteiger partial charge is 0.410 e. The summed E-state index contributed by atoms with van der Waals surface area (Å²) in [6, 6.07) is 4.09. The minimum atomic E-state index is -1.25. The van der Waals surface area contributed by atoms with Crippen LogP contribution in [0.1, 0.15) is 141 Å². The number of unbranched alkanes of at least 4 members (excludes halogenated alkanes) is 2. The largest absolute Gasteiger partial charge is 0.465 e. The molecule has 0 aliphatic carbocycles. The number of primary amides is 1. The molecule has 3 aromatic rings. The average molecular weight is 1250 g/mol. The van der Waals surface area contributed by atoms with Crippen molar-refractivity contribution in [3.8, 4) is 0 Å². The van der Waals surface area contributed by atoms with Crippen molar-refractivity contribution in [1.82, 2.24) is 50.5 Å². The van der Waals surface area contributed by atoms with E-state index >= 15 is 4.39 Å². The van der Waals surface area contributed by atoms with Gasteiger partial charge in [0.15, 0.2) is 5.82 Å². The number of piperidine rings is 1. The van der Waals surface area contributed by atoms with E-state index < -0.39 is 102 Å². The Morgan fingerprint density at radius 2 is 1.60 bits per heavy atom. The van der Waals surface area contributed by atoms with Crippen molar-refractivity contribution < 1.29 is 72.0 Å². The number of urea groups is 1. The lowest BCUT2D eigenvalue weighted by atomic mass is 9.83. The molecule has 4 aliphatic heterocycles. The van der Waals surface area contributed by atoms with E-state index in [0.29, 0.717) is 53.5 Å². The third-order valence-corrected chi connectivity index (χ3v) is 16.9. The van der Waals surface area contributed by atoms with Crippen molar-refractivity contribution in [2.45, 2.75) is 155 Å².